The maximum atomic E-state index is 12.6. The molecule has 1 aliphatic heterocycles. The highest BCUT2D eigenvalue weighted by Crippen LogP contribution is 2.20. The van der Waals surface area contributed by atoms with Gasteiger partial charge in [0.2, 0.25) is 15.9 Å². The normalized spacial score (nSPS) is 15.7. The molecule has 0 saturated heterocycles. The second-order valence-corrected chi connectivity index (χ2v) is 7.96. The number of anilines is 1. The molecule has 0 fully saturated rings. The van der Waals surface area contributed by atoms with Gasteiger partial charge in [-0.25, -0.2) is 18.6 Å². The Labute approximate surface area is 163 Å². The molecule has 1 heterocycles. The molecule has 0 spiro atoms. The topological polar surface area (TPSA) is 122 Å². The van der Waals surface area contributed by atoms with Crippen LogP contribution in [0.5, 0.6) is 0 Å². The molecule has 8 nitrogen and oxygen atoms in total. The Balaban J connectivity index is 1.74. The van der Waals surface area contributed by atoms with Gasteiger partial charge in [-0.1, -0.05) is 30.3 Å². The number of sulfonamides is 1. The fraction of sp³-hybridized carbons (Fsp3) is 0.211. The van der Waals surface area contributed by atoms with Crippen molar-refractivity contribution in [1.29, 1.82) is 0 Å². The number of hydrazone groups is 1. The van der Waals surface area contributed by atoms with Crippen LogP contribution in [0.25, 0.3) is 0 Å². The van der Waals surface area contributed by atoms with Crippen molar-refractivity contribution < 1.29 is 18.0 Å². The molecular formula is C19H20N4O4S. The third-order valence-electron chi connectivity index (χ3n) is 4.35. The molecule has 0 saturated carbocycles. The monoisotopic (exact) mass is 400 g/mol. The number of amides is 2. The summed E-state index contributed by atoms with van der Waals surface area (Å²) in [7, 11) is -3.77. The predicted molar refractivity (Wildman–Crippen MR) is 105 cm³/mol. The molecule has 9 heteroatoms. The van der Waals surface area contributed by atoms with Gasteiger partial charge in [-0.2, -0.15) is 5.10 Å². The van der Waals surface area contributed by atoms with Crippen molar-refractivity contribution in [1.82, 2.24) is 5.32 Å². The molecule has 0 radical (unpaired) electrons. The van der Waals surface area contributed by atoms with Crippen LogP contribution in [0.1, 0.15) is 31.4 Å². The number of nitrogens with zero attached hydrogens (tertiary/aromatic N) is 2. The zero-order chi connectivity index (χ0) is 20.3. The van der Waals surface area contributed by atoms with Crippen LogP contribution >= 0.6 is 0 Å². The van der Waals surface area contributed by atoms with Crippen LogP contribution in [0.2, 0.25) is 0 Å². The average molecular weight is 400 g/mol. The first kappa shape index (κ1) is 19.7. The number of carbonyl (C=O) groups excluding carboxylic acids is 2. The van der Waals surface area contributed by atoms with Crippen molar-refractivity contribution in [2.45, 2.75) is 30.7 Å². The molecule has 3 rings (SSSR count). The molecule has 1 unspecified atom stereocenters. The minimum atomic E-state index is -3.77. The van der Waals surface area contributed by atoms with Crippen LogP contribution in [-0.4, -0.2) is 25.9 Å². The highest BCUT2D eigenvalue weighted by atomic mass is 32.2. The van der Waals surface area contributed by atoms with Gasteiger partial charge in [-0.15, -0.1) is 0 Å². The van der Waals surface area contributed by atoms with E-state index in [9.17, 15) is 18.0 Å². The predicted octanol–water partition coefficient (Wildman–Crippen LogP) is 1.69. The van der Waals surface area contributed by atoms with E-state index < -0.39 is 10.0 Å². The first-order valence-electron chi connectivity index (χ1n) is 8.65. The molecule has 1 aliphatic rings. The summed E-state index contributed by atoms with van der Waals surface area (Å²) >= 11 is 0. The maximum Gasteiger partial charge on any atom is 0.267 e. The number of rotatable bonds is 5. The number of para-hydroxylation sites is 1. The van der Waals surface area contributed by atoms with E-state index in [0.29, 0.717) is 11.3 Å². The van der Waals surface area contributed by atoms with Crippen molar-refractivity contribution in [2.24, 2.45) is 10.2 Å². The lowest BCUT2D eigenvalue weighted by atomic mass is 10.1. The summed E-state index contributed by atoms with van der Waals surface area (Å²) in [6, 6.07) is 14.5. The number of nitrogens with one attached hydrogen (secondary N) is 1. The van der Waals surface area contributed by atoms with Gasteiger partial charge in [-0.05, 0) is 36.8 Å². The molecule has 3 N–H and O–H groups in total. The molecule has 146 valence electrons. The minimum Gasteiger partial charge on any atom is -0.344 e. The Morgan fingerprint density at radius 3 is 2.36 bits per heavy atom. The van der Waals surface area contributed by atoms with Crippen molar-refractivity contribution in [3.8, 4) is 0 Å². The Hall–Kier alpha value is -3.04. The highest BCUT2D eigenvalue weighted by Gasteiger charge is 2.26. The quantitative estimate of drug-likeness (QED) is 0.793. The molecule has 0 aromatic heterocycles. The Bertz CT molecular complexity index is 1020. The summed E-state index contributed by atoms with van der Waals surface area (Å²) < 4.78 is 22.7. The molecule has 0 aliphatic carbocycles. The third-order valence-corrected chi connectivity index (χ3v) is 5.28. The maximum absolute atomic E-state index is 12.6. The lowest BCUT2D eigenvalue weighted by Crippen LogP contribution is -2.39. The van der Waals surface area contributed by atoms with Gasteiger partial charge in [0.15, 0.2) is 0 Å². The van der Waals surface area contributed by atoms with Crippen LogP contribution in [-0.2, 0) is 19.6 Å². The number of benzene rings is 2. The lowest BCUT2D eigenvalue weighted by molar-refractivity contribution is -0.119. The van der Waals surface area contributed by atoms with E-state index in [2.05, 4.69) is 10.4 Å². The molecule has 0 bridgehead atoms. The SMILES string of the molecule is CC(NC(=O)C1=NN(c2ccccc2)C(=O)CC1)c1ccc(S(N)(=O)=O)cc1. The summed E-state index contributed by atoms with van der Waals surface area (Å²) in [5, 5.41) is 13.4. The fourth-order valence-electron chi connectivity index (χ4n) is 2.80. The number of hydrogen-bond donors (Lipinski definition) is 2. The van der Waals surface area contributed by atoms with Gasteiger partial charge in [-0.3, -0.25) is 9.59 Å². The number of primary sulfonamides is 1. The van der Waals surface area contributed by atoms with Crippen LogP contribution in [0.3, 0.4) is 0 Å². The average Bonchev–Trinajstić information content (AvgIpc) is 2.68. The molecule has 28 heavy (non-hydrogen) atoms. The largest absolute Gasteiger partial charge is 0.344 e. The van der Waals surface area contributed by atoms with Crippen molar-refractivity contribution in [3.63, 3.8) is 0 Å². The van der Waals surface area contributed by atoms with Crippen LogP contribution in [0, 0.1) is 0 Å². The Kier molecular flexibility index (Phi) is 5.57. The van der Waals surface area contributed by atoms with E-state index in [1.165, 1.54) is 17.1 Å². The van der Waals surface area contributed by atoms with Crippen LogP contribution in [0.4, 0.5) is 5.69 Å². The van der Waals surface area contributed by atoms with Crippen LogP contribution in [0.15, 0.2) is 64.6 Å². The van der Waals surface area contributed by atoms with Crippen molar-refractivity contribution >= 4 is 33.2 Å². The van der Waals surface area contributed by atoms with Gasteiger partial charge in [0, 0.05) is 12.8 Å². The van der Waals surface area contributed by atoms with Gasteiger partial charge in [0.1, 0.15) is 5.71 Å². The van der Waals surface area contributed by atoms with Gasteiger partial charge in [0.05, 0.1) is 16.6 Å². The minimum absolute atomic E-state index is 0.00319. The van der Waals surface area contributed by atoms with Crippen LogP contribution < -0.4 is 15.5 Å². The van der Waals surface area contributed by atoms with E-state index in [-0.39, 0.29) is 41.3 Å². The van der Waals surface area contributed by atoms with E-state index in [1.807, 2.05) is 6.07 Å². The zero-order valence-corrected chi connectivity index (χ0v) is 16.0. The zero-order valence-electron chi connectivity index (χ0n) is 15.2. The van der Waals surface area contributed by atoms with E-state index >= 15 is 0 Å². The molecule has 2 amide bonds. The second kappa shape index (κ2) is 7.91. The first-order valence-corrected chi connectivity index (χ1v) is 10.2. The lowest BCUT2D eigenvalue weighted by Gasteiger charge is -2.24. The van der Waals surface area contributed by atoms with Crippen molar-refractivity contribution in [2.75, 3.05) is 5.01 Å². The molecule has 2 aromatic rings. The number of nitrogens with two attached hydrogens (primary N) is 1. The summed E-state index contributed by atoms with van der Waals surface area (Å²) in [4.78, 5) is 24.7. The second-order valence-electron chi connectivity index (χ2n) is 6.40. The van der Waals surface area contributed by atoms with E-state index in [0.717, 1.165) is 0 Å². The third kappa shape index (κ3) is 4.44. The summed E-state index contributed by atoms with van der Waals surface area (Å²) in [6.07, 6.45) is 0.448. The first-order chi connectivity index (χ1) is 13.3. The van der Waals surface area contributed by atoms with Gasteiger partial charge in [0.25, 0.3) is 5.91 Å². The highest BCUT2D eigenvalue weighted by molar-refractivity contribution is 7.89. The standard InChI is InChI=1S/C19H20N4O4S/c1-13(14-7-9-16(10-8-14)28(20,26)27)21-19(25)17-11-12-18(24)23(22-17)15-5-3-2-4-6-15/h2-10,13H,11-12H2,1H3,(H,21,25)(H2,20,26,27). The molecule has 1 atom stereocenters. The summed E-state index contributed by atoms with van der Waals surface area (Å²) in [5.74, 6) is -0.550. The summed E-state index contributed by atoms with van der Waals surface area (Å²) in [6.45, 7) is 1.77. The molecule has 2 aromatic carbocycles. The van der Waals surface area contributed by atoms with E-state index in [4.69, 9.17) is 5.14 Å². The fourth-order valence-corrected chi connectivity index (χ4v) is 3.31. The molecular weight excluding hydrogens is 380 g/mol. The Morgan fingerprint density at radius 2 is 1.75 bits per heavy atom. The van der Waals surface area contributed by atoms with E-state index in [1.54, 1.807) is 43.3 Å². The summed E-state index contributed by atoms with van der Waals surface area (Å²) in [5.41, 5.74) is 1.58. The van der Waals surface area contributed by atoms with Gasteiger partial charge >= 0.3 is 0 Å². The Morgan fingerprint density at radius 1 is 1.11 bits per heavy atom. The van der Waals surface area contributed by atoms with Gasteiger partial charge < -0.3 is 5.32 Å². The van der Waals surface area contributed by atoms with Crippen molar-refractivity contribution in [3.05, 3.63) is 60.2 Å². The number of carbonyl (C=O) groups is 2. The number of hydrogen-bond acceptors (Lipinski definition) is 5. The smallest absolute Gasteiger partial charge is 0.267 e.